The zero-order valence-corrected chi connectivity index (χ0v) is 18.5. The number of aliphatic imine (C=N–C) groups is 1. The molecule has 0 atom stereocenters. The van der Waals surface area contributed by atoms with E-state index in [1.54, 1.807) is 6.07 Å². The first-order valence-electron chi connectivity index (χ1n) is 9.29. The van der Waals surface area contributed by atoms with Crippen molar-refractivity contribution in [1.82, 2.24) is 4.57 Å². The average molecular weight is 482 g/mol. The van der Waals surface area contributed by atoms with Gasteiger partial charge >= 0.3 is 5.97 Å². The van der Waals surface area contributed by atoms with Gasteiger partial charge < -0.3 is 9.30 Å². The van der Waals surface area contributed by atoms with Crippen molar-refractivity contribution in [2.24, 2.45) is 4.99 Å². The molecule has 4 nitrogen and oxygen atoms in total. The van der Waals surface area contributed by atoms with Crippen molar-refractivity contribution >= 4 is 56.3 Å². The van der Waals surface area contributed by atoms with E-state index in [4.69, 9.17) is 16.3 Å². The molecule has 0 saturated carbocycles. The van der Waals surface area contributed by atoms with Gasteiger partial charge in [-0.25, -0.2) is 4.79 Å². The van der Waals surface area contributed by atoms with Crippen molar-refractivity contribution in [1.29, 1.82) is 0 Å². The molecule has 0 bridgehead atoms. The summed E-state index contributed by atoms with van der Waals surface area (Å²) in [6.45, 7) is 0.628. The van der Waals surface area contributed by atoms with Crippen LogP contribution in [-0.4, -0.2) is 23.9 Å². The molecule has 0 aliphatic rings. The van der Waals surface area contributed by atoms with Crippen LogP contribution in [0.25, 0.3) is 10.9 Å². The van der Waals surface area contributed by atoms with Crippen LogP contribution in [0.5, 0.6) is 0 Å². The van der Waals surface area contributed by atoms with Crippen LogP contribution in [0.3, 0.4) is 0 Å². The van der Waals surface area contributed by atoms with Crippen molar-refractivity contribution in [2.75, 3.05) is 7.11 Å². The van der Waals surface area contributed by atoms with Crippen LogP contribution in [0.15, 0.2) is 82.4 Å². The van der Waals surface area contributed by atoms with Crippen molar-refractivity contribution < 1.29 is 9.53 Å². The number of fused-ring (bicyclic) bond motifs is 1. The van der Waals surface area contributed by atoms with E-state index in [0.717, 1.165) is 32.2 Å². The molecule has 0 amide bonds. The summed E-state index contributed by atoms with van der Waals surface area (Å²) in [5, 5.41) is 1.73. The summed E-state index contributed by atoms with van der Waals surface area (Å²) < 4.78 is 7.83. The number of rotatable bonds is 5. The predicted octanol–water partition coefficient (Wildman–Crippen LogP) is 6.64. The Bertz CT molecular complexity index is 1260. The first-order valence-corrected chi connectivity index (χ1v) is 10.5. The third kappa shape index (κ3) is 4.32. The molecule has 0 N–H and O–H groups in total. The first-order chi connectivity index (χ1) is 14.5. The minimum absolute atomic E-state index is 0.338. The number of ether oxygens (including phenoxy) is 1. The zero-order chi connectivity index (χ0) is 21.1. The van der Waals surface area contributed by atoms with E-state index >= 15 is 0 Å². The maximum Gasteiger partial charge on any atom is 0.337 e. The fraction of sp³-hybridized carbons (Fsp3) is 0.0833. The highest BCUT2D eigenvalue weighted by atomic mass is 79.9. The molecule has 0 radical (unpaired) electrons. The number of aromatic nitrogens is 1. The Kier molecular flexibility index (Phi) is 6.02. The van der Waals surface area contributed by atoms with Crippen LogP contribution in [-0.2, 0) is 11.3 Å². The van der Waals surface area contributed by atoms with Gasteiger partial charge in [0.05, 0.1) is 23.4 Å². The zero-order valence-electron chi connectivity index (χ0n) is 16.2. The maximum atomic E-state index is 11.8. The molecule has 0 unspecified atom stereocenters. The summed E-state index contributed by atoms with van der Waals surface area (Å²) in [6.07, 6.45) is 3.92. The van der Waals surface area contributed by atoms with Crippen LogP contribution in [0.1, 0.15) is 21.5 Å². The number of carbonyl (C=O) groups excluding carboxylic acids is 1. The van der Waals surface area contributed by atoms with E-state index in [1.165, 1.54) is 7.11 Å². The van der Waals surface area contributed by atoms with E-state index in [1.807, 2.05) is 54.7 Å². The van der Waals surface area contributed by atoms with E-state index in [0.29, 0.717) is 17.1 Å². The van der Waals surface area contributed by atoms with Gasteiger partial charge in [0, 0.05) is 39.9 Å². The number of hydrogen-bond acceptors (Lipinski definition) is 3. The molecule has 3 aromatic carbocycles. The molecule has 6 heteroatoms. The minimum Gasteiger partial charge on any atom is -0.465 e. The van der Waals surface area contributed by atoms with Crippen LogP contribution in [0, 0.1) is 0 Å². The molecule has 0 aliphatic heterocycles. The summed E-state index contributed by atoms with van der Waals surface area (Å²) in [7, 11) is 1.39. The topological polar surface area (TPSA) is 43.6 Å². The Balaban J connectivity index is 1.68. The molecule has 1 aromatic heterocycles. The van der Waals surface area contributed by atoms with Gasteiger partial charge in [-0.05, 0) is 57.9 Å². The lowest BCUT2D eigenvalue weighted by Crippen LogP contribution is -2.03. The summed E-state index contributed by atoms with van der Waals surface area (Å²) >= 11 is 9.57. The number of hydrogen-bond donors (Lipinski definition) is 0. The highest BCUT2D eigenvalue weighted by Crippen LogP contribution is 2.28. The number of methoxy groups -OCH3 is 1. The Morgan fingerprint density at radius 1 is 1.13 bits per heavy atom. The largest absolute Gasteiger partial charge is 0.465 e. The highest BCUT2D eigenvalue weighted by molar-refractivity contribution is 9.10. The summed E-state index contributed by atoms with van der Waals surface area (Å²) in [5.74, 6) is -0.338. The summed E-state index contributed by atoms with van der Waals surface area (Å²) in [6, 6.07) is 21.3. The third-order valence-corrected chi connectivity index (χ3v) is 6.01. The molecule has 1 heterocycles. The SMILES string of the molecule is COC(=O)c1cccc(Cn2cc(C=Nc3ccc(Br)c(Cl)c3)c3ccccc32)c1. The molecule has 0 fully saturated rings. The maximum absolute atomic E-state index is 11.8. The number of nitrogens with zero attached hydrogens (tertiary/aromatic N) is 2. The standard InChI is InChI=1S/C24H18BrClN2O2/c1-30-24(29)17-6-4-5-16(11-17)14-28-15-18(20-7-2-3-8-23(20)28)13-27-19-9-10-21(25)22(26)12-19/h2-13,15H,14H2,1H3. The summed E-state index contributed by atoms with van der Waals surface area (Å²) in [4.78, 5) is 16.4. The third-order valence-electron chi connectivity index (χ3n) is 4.78. The Hall–Kier alpha value is -2.89. The van der Waals surface area contributed by atoms with Crippen LogP contribution in [0.2, 0.25) is 5.02 Å². The first kappa shape index (κ1) is 20.4. The van der Waals surface area contributed by atoms with Gasteiger partial charge in [-0.3, -0.25) is 4.99 Å². The molecular formula is C24H18BrClN2O2. The Morgan fingerprint density at radius 3 is 2.77 bits per heavy atom. The second kappa shape index (κ2) is 8.86. The molecule has 4 aromatic rings. The lowest BCUT2D eigenvalue weighted by molar-refractivity contribution is 0.0600. The number of benzene rings is 3. The predicted molar refractivity (Wildman–Crippen MR) is 125 cm³/mol. The number of halogens is 2. The van der Waals surface area contributed by atoms with Gasteiger partial charge in [-0.15, -0.1) is 0 Å². The van der Waals surface area contributed by atoms with E-state index in [2.05, 4.69) is 43.8 Å². The number of para-hydroxylation sites is 1. The molecule has 30 heavy (non-hydrogen) atoms. The van der Waals surface area contributed by atoms with Gasteiger partial charge in [0.1, 0.15) is 0 Å². The molecular weight excluding hydrogens is 464 g/mol. The second-order valence-electron chi connectivity index (χ2n) is 6.78. The molecule has 0 spiro atoms. The molecule has 0 aliphatic carbocycles. The average Bonchev–Trinajstić information content (AvgIpc) is 3.11. The molecule has 150 valence electrons. The number of carbonyl (C=O) groups is 1. The van der Waals surface area contributed by atoms with Gasteiger partial charge in [-0.2, -0.15) is 0 Å². The van der Waals surface area contributed by atoms with Gasteiger partial charge in [0.2, 0.25) is 0 Å². The summed E-state index contributed by atoms with van der Waals surface area (Å²) in [5.41, 5.74) is 4.44. The lowest BCUT2D eigenvalue weighted by atomic mass is 10.1. The van der Waals surface area contributed by atoms with E-state index < -0.39 is 0 Å². The van der Waals surface area contributed by atoms with Crippen LogP contribution >= 0.6 is 27.5 Å². The van der Waals surface area contributed by atoms with Crippen LogP contribution < -0.4 is 0 Å². The normalized spacial score (nSPS) is 11.3. The van der Waals surface area contributed by atoms with Crippen LogP contribution in [0.4, 0.5) is 5.69 Å². The Morgan fingerprint density at radius 2 is 1.97 bits per heavy atom. The highest BCUT2D eigenvalue weighted by Gasteiger charge is 2.10. The van der Waals surface area contributed by atoms with Crippen molar-refractivity contribution in [3.8, 4) is 0 Å². The second-order valence-corrected chi connectivity index (χ2v) is 8.04. The van der Waals surface area contributed by atoms with Gasteiger partial charge in [0.25, 0.3) is 0 Å². The van der Waals surface area contributed by atoms with Crippen molar-refractivity contribution in [3.63, 3.8) is 0 Å². The fourth-order valence-electron chi connectivity index (χ4n) is 3.33. The lowest BCUT2D eigenvalue weighted by Gasteiger charge is -2.07. The van der Waals surface area contributed by atoms with E-state index in [-0.39, 0.29) is 5.97 Å². The molecule has 4 rings (SSSR count). The molecule has 0 saturated heterocycles. The van der Waals surface area contributed by atoms with E-state index in [9.17, 15) is 4.79 Å². The van der Waals surface area contributed by atoms with Crippen molar-refractivity contribution in [2.45, 2.75) is 6.54 Å². The minimum atomic E-state index is -0.338. The van der Waals surface area contributed by atoms with Crippen molar-refractivity contribution in [3.05, 3.63) is 99.1 Å². The Labute approximate surface area is 187 Å². The monoisotopic (exact) mass is 480 g/mol. The van der Waals surface area contributed by atoms with Gasteiger partial charge in [-0.1, -0.05) is 41.9 Å². The fourth-order valence-corrected chi connectivity index (χ4v) is 3.75. The number of esters is 1. The quantitative estimate of drug-likeness (QED) is 0.237. The van der Waals surface area contributed by atoms with Gasteiger partial charge in [0.15, 0.2) is 0 Å². The smallest absolute Gasteiger partial charge is 0.337 e.